The molecule has 0 heterocycles. The van der Waals surface area contributed by atoms with Gasteiger partial charge in [0, 0.05) is 16.8 Å². The molecule has 98 valence electrons. The number of hydrogen-bond acceptors (Lipinski definition) is 1. The van der Waals surface area contributed by atoms with E-state index in [2.05, 4.69) is 5.32 Å². The summed E-state index contributed by atoms with van der Waals surface area (Å²) < 4.78 is 13.4. The molecule has 0 saturated heterocycles. The van der Waals surface area contributed by atoms with Gasteiger partial charge < -0.3 is 5.32 Å². The van der Waals surface area contributed by atoms with Crippen LogP contribution in [0.1, 0.15) is 15.9 Å². The van der Waals surface area contributed by atoms with E-state index in [0.717, 1.165) is 0 Å². The fraction of sp³-hybridized carbons (Fsp3) is 0.0714. The molecule has 19 heavy (non-hydrogen) atoms. The predicted molar refractivity (Wildman–Crippen MR) is 75.6 cm³/mol. The fourth-order valence-corrected chi connectivity index (χ4v) is 1.87. The number of hydrogen-bond donors (Lipinski definition) is 1. The molecule has 5 heteroatoms. The first kappa shape index (κ1) is 13.8. The van der Waals surface area contributed by atoms with E-state index in [-0.39, 0.29) is 11.7 Å². The second-order valence-electron chi connectivity index (χ2n) is 4.00. The third-order valence-corrected chi connectivity index (χ3v) is 3.44. The number of amides is 1. The molecule has 0 radical (unpaired) electrons. The second-order valence-corrected chi connectivity index (χ2v) is 4.81. The molecular weight excluding hydrogens is 288 g/mol. The molecule has 2 nitrogen and oxygen atoms in total. The fourth-order valence-electron chi connectivity index (χ4n) is 1.57. The van der Waals surface area contributed by atoms with Crippen LogP contribution in [0.2, 0.25) is 10.0 Å². The Labute approximate surface area is 120 Å². The van der Waals surface area contributed by atoms with Gasteiger partial charge in [0.05, 0.1) is 10.0 Å². The lowest BCUT2D eigenvalue weighted by atomic mass is 10.1. The molecule has 0 aliphatic carbocycles. The topological polar surface area (TPSA) is 29.1 Å². The first-order chi connectivity index (χ1) is 8.99. The van der Waals surface area contributed by atoms with Crippen molar-refractivity contribution in [3.8, 4) is 0 Å². The summed E-state index contributed by atoms with van der Waals surface area (Å²) >= 11 is 11.6. The van der Waals surface area contributed by atoms with Crippen molar-refractivity contribution in [2.45, 2.75) is 6.92 Å². The van der Waals surface area contributed by atoms with Crippen molar-refractivity contribution in [3.05, 3.63) is 63.4 Å². The number of carbonyl (C=O) groups is 1. The molecule has 0 aliphatic rings. The van der Waals surface area contributed by atoms with Gasteiger partial charge in [-0.25, -0.2) is 4.39 Å². The van der Waals surface area contributed by atoms with Crippen molar-refractivity contribution in [2.24, 2.45) is 0 Å². The Balaban J connectivity index is 2.26. The Hall–Kier alpha value is -1.58. The van der Waals surface area contributed by atoms with Crippen LogP contribution in [0.4, 0.5) is 10.1 Å². The molecule has 2 aromatic rings. The lowest BCUT2D eigenvalue weighted by Gasteiger charge is -2.09. The average molecular weight is 298 g/mol. The van der Waals surface area contributed by atoms with E-state index in [1.165, 1.54) is 24.3 Å². The van der Waals surface area contributed by atoms with Crippen LogP contribution in [0, 0.1) is 12.7 Å². The summed E-state index contributed by atoms with van der Waals surface area (Å²) in [5.74, 6) is -0.737. The maximum absolute atomic E-state index is 13.4. The molecule has 1 N–H and O–H groups in total. The van der Waals surface area contributed by atoms with Gasteiger partial charge in [0.25, 0.3) is 5.91 Å². The van der Waals surface area contributed by atoms with Gasteiger partial charge in [0.15, 0.2) is 0 Å². The summed E-state index contributed by atoms with van der Waals surface area (Å²) in [5.41, 5.74) is 1.17. The van der Waals surface area contributed by atoms with Crippen molar-refractivity contribution in [1.82, 2.24) is 0 Å². The van der Waals surface area contributed by atoms with Gasteiger partial charge in [0.1, 0.15) is 5.82 Å². The quantitative estimate of drug-likeness (QED) is 0.856. The summed E-state index contributed by atoms with van der Waals surface area (Å²) in [5, 5.41) is 3.31. The maximum Gasteiger partial charge on any atom is 0.255 e. The lowest BCUT2D eigenvalue weighted by Crippen LogP contribution is -2.13. The largest absolute Gasteiger partial charge is 0.322 e. The van der Waals surface area contributed by atoms with Gasteiger partial charge in [-0.3, -0.25) is 4.79 Å². The first-order valence-corrected chi connectivity index (χ1v) is 6.26. The Morgan fingerprint density at radius 1 is 1.16 bits per heavy atom. The van der Waals surface area contributed by atoms with Crippen LogP contribution in [0.3, 0.4) is 0 Å². The molecule has 0 unspecified atom stereocenters. The minimum absolute atomic E-state index is 0.297. The zero-order valence-corrected chi connectivity index (χ0v) is 11.5. The van der Waals surface area contributed by atoms with Crippen LogP contribution in [0.5, 0.6) is 0 Å². The Bertz CT molecular complexity index is 643. The number of anilines is 1. The van der Waals surface area contributed by atoms with Crippen molar-refractivity contribution in [3.63, 3.8) is 0 Å². The number of halogens is 3. The van der Waals surface area contributed by atoms with E-state index in [1.807, 2.05) is 0 Å². The molecule has 0 fully saturated rings. The lowest BCUT2D eigenvalue weighted by molar-refractivity contribution is 0.102. The molecule has 2 aromatic carbocycles. The first-order valence-electron chi connectivity index (χ1n) is 5.50. The van der Waals surface area contributed by atoms with Crippen LogP contribution in [0.15, 0.2) is 36.4 Å². The summed E-state index contributed by atoms with van der Waals surface area (Å²) in [6.07, 6.45) is 0. The SMILES string of the molecule is Cc1c(F)cccc1NC(=O)c1ccc(Cl)c(Cl)c1. The van der Waals surface area contributed by atoms with E-state index in [1.54, 1.807) is 19.1 Å². The summed E-state index contributed by atoms with van der Waals surface area (Å²) in [4.78, 5) is 12.0. The van der Waals surface area contributed by atoms with Crippen molar-refractivity contribution < 1.29 is 9.18 Å². The van der Waals surface area contributed by atoms with Crippen LogP contribution in [-0.4, -0.2) is 5.91 Å². The van der Waals surface area contributed by atoms with Gasteiger partial charge in [-0.2, -0.15) is 0 Å². The van der Waals surface area contributed by atoms with E-state index in [0.29, 0.717) is 26.9 Å². The maximum atomic E-state index is 13.4. The van der Waals surface area contributed by atoms with Crippen molar-refractivity contribution in [1.29, 1.82) is 0 Å². The molecule has 1 amide bonds. The van der Waals surface area contributed by atoms with Gasteiger partial charge in [0.2, 0.25) is 0 Å². The Morgan fingerprint density at radius 3 is 2.58 bits per heavy atom. The van der Waals surface area contributed by atoms with Gasteiger partial charge in [-0.1, -0.05) is 29.3 Å². The molecule has 0 bridgehead atoms. The number of benzene rings is 2. The van der Waals surface area contributed by atoms with Crippen LogP contribution < -0.4 is 5.32 Å². The monoisotopic (exact) mass is 297 g/mol. The average Bonchev–Trinajstić information content (AvgIpc) is 2.38. The smallest absolute Gasteiger partial charge is 0.255 e. The minimum Gasteiger partial charge on any atom is -0.322 e. The van der Waals surface area contributed by atoms with E-state index >= 15 is 0 Å². The molecular formula is C14H10Cl2FNO. The van der Waals surface area contributed by atoms with Gasteiger partial charge >= 0.3 is 0 Å². The summed E-state index contributed by atoms with van der Waals surface area (Å²) in [7, 11) is 0. The van der Waals surface area contributed by atoms with E-state index in [4.69, 9.17) is 23.2 Å². The third-order valence-electron chi connectivity index (χ3n) is 2.70. The molecule has 0 aliphatic heterocycles. The number of nitrogens with one attached hydrogen (secondary N) is 1. The zero-order valence-electron chi connectivity index (χ0n) is 10.0. The summed E-state index contributed by atoms with van der Waals surface area (Å²) in [6, 6.07) is 9.06. The van der Waals surface area contributed by atoms with Crippen molar-refractivity contribution in [2.75, 3.05) is 5.32 Å². The van der Waals surface area contributed by atoms with Gasteiger partial charge in [-0.15, -0.1) is 0 Å². The standard InChI is InChI=1S/C14H10Cl2FNO/c1-8-12(17)3-2-4-13(8)18-14(19)9-5-6-10(15)11(16)7-9/h2-7H,1H3,(H,18,19). The molecule has 0 aromatic heterocycles. The van der Waals surface area contributed by atoms with E-state index in [9.17, 15) is 9.18 Å². The molecule has 0 saturated carbocycles. The number of carbonyl (C=O) groups excluding carboxylic acids is 1. The molecule has 2 rings (SSSR count). The highest BCUT2D eigenvalue weighted by atomic mass is 35.5. The highest BCUT2D eigenvalue weighted by Crippen LogP contribution is 2.24. The zero-order chi connectivity index (χ0) is 14.0. The minimum atomic E-state index is -0.369. The second kappa shape index (κ2) is 5.59. The number of rotatable bonds is 2. The Morgan fingerprint density at radius 2 is 1.89 bits per heavy atom. The predicted octanol–water partition coefficient (Wildman–Crippen LogP) is 4.69. The normalized spacial score (nSPS) is 10.3. The third kappa shape index (κ3) is 3.06. The summed E-state index contributed by atoms with van der Waals surface area (Å²) in [6.45, 7) is 1.60. The molecule has 0 spiro atoms. The highest BCUT2D eigenvalue weighted by Gasteiger charge is 2.11. The van der Waals surface area contributed by atoms with Crippen LogP contribution in [0.25, 0.3) is 0 Å². The highest BCUT2D eigenvalue weighted by molar-refractivity contribution is 6.42. The van der Waals surface area contributed by atoms with E-state index < -0.39 is 0 Å². The molecule has 0 atom stereocenters. The van der Waals surface area contributed by atoms with Crippen LogP contribution in [-0.2, 0) is 0 Å². The Kier molecular flexibility index (Phi) is 4.08. The van der Waals surface area contributed by atoms with Crippen LogP contribution >= 0.6 is 23.2 Å². The van der Waals surface area contributed by atoms with Crippen molar-refractivity contribution >= 4 is 34.8 Å². The van der Waals surface area contributed by atoms with Gasteiger partial charge in [-0.05, 0) is 37.3 Å².